The lowest BCUT2D eigenvalue weighted by molar-refractivity contribution is -0.134. The summed E-state index contributed by atoms with van der Waals surface area (Å²) in [6.07, 6.45) is 0. The summed E-state index contributed by atoms with van der Waals surface area (Å²) in [7, 11) is 0. The number of rotatable bonds is 7. The molecule has 8 heteroatoms. The van der Waals surface area contributed by atoms with Crippen LogP contribution in [0, 0.1) is 0 Å². The summed E-state index contributed by atoms with van der Waals surface area (Å²) in [4.78, 5) is 23.2. The molecule has 1 aliphatic rings. The Morgan fingerprint density at radius 2 is 1.81 bits per heavy atom. The molecule has 3 rings (SSSR count). The monoisotopic (exact) mass is 391 g/mol. The number of amides is 1. The van der Waals surface area contributed by atoms with E-state index in [-0.39, 0.29) is 5.91 Å². The van der Waals surface area contributed by atoms with Crippen LogP contribution >= 0.6 is 11.6 Å². The number of benzene rings is 1. The zero-order valence-electron chi connectivity index (χ0n) is 15.9. The van der Waals surface area contributed by atoms with E-state index in [1.165, 1.54) is 0 Å². The Morgan fingerprint density at radius 1 is 1.15 bits per heavy atom. The van der Waals surface area contributed by atoms with Crippen molar-refractivity contribution in [1.29, 1.82) is 0 Å². The number of carbonyl (C=O) groups is 1. The highest BCUT2D eigenvalue weighted by molar-refractivity contribution is 6.30. The molecular formula is C19H26ClN5O2. The first kappa shape index (κ1) is 19.8. The maximum absolute atomic E-state index is 12.4. The van der Waals surface area contributed by atoms with Gasteiger partial charge in [0.15, 0.2) is 0 Å². The highest BCUT2D eigenvalue weighted by Crippen LogP contribution is 2.19. The van der Waals surface area contributed by atoms with Gasteiger partial charge in [0.25, 0.3) is 0 Å². The van der Waals surface area contributed by atoms with Gasteiger partial charge in [0.05, 0.1) is 13.1 Å². The molecule has 1 fully saturated rings. The van der Waals surface area contributed by atoms with Crippen LogP contribution in [0.3, 0.4) is 0 Å². The standard InChI is InChI=1S/C19H26ClN5O2/c1-3-23(4-2)14-18(26)25-11-9-24(10-12-25)13-17-21-19(22-27-17)15-5-7-16(20)8-6-15/h5-8H,3-4,9-14H2,1-2H3. The molecule has 0 spiro atoms. The van der Waals surface area contributed by atoms with Gasteiger partial charge in [-0.15, -0.1) is 0 Å². The third-order valence-electron chi connectivity index (χ3n) is 4.91. The molecule has 1 aromatic carbocycles. The fraction of sp³-hybridized carbons (Fsp3) is 0.526. The van der Waals surface area contributed by atoms with Crippen molar-refractivity contribution in [3.63, 3.8) is 0 Å². The van der Waals surface area contributed by atoms with Crippen LogP contribution < -0.4 is 0 Å². The fourth-order valence-electron chi connectivity index (χ4n) is 3.12. The van der Waals surface area contributed by atoms with Gasteiger partial charge in [-0.25, -0.2) is 0 Å². The molecule has 0 aliphatic carbocycles. The fourth-order valence-corrected chi connectivity index (χ4v) is 3.25. The first-order valence-electron chi connectivity index (χ1n) is 9.40. The molecule has 0 atom stereocenters. The van der Waals surface area contributed by atoms with E-state index in [2.05, 4.69) is 33.8 Å². The zero-order chi connectivity index (χ0) is 19.2. The van der Waals surface area contributed by atoms with Crippen molar-refractivity contribution in [3.8, 4) is 11.4 Å². The molecule has 1 saturated heterocycles. The van der Waals surface area contributed by atoms with Crippen molar-refractivity contribution in [2.75, 3.05) is 45.8 Å². The van der Waals surface area contributed by atoms with E-state index in [0.29, 0.717) is 29.8 Å². The lowest BCUT2D eigenvalue weighted by Crippen LogP contribution is -2.50. The summed E-state index contributed by atoms with van der Waals surface area (Å²) in [6.45, 7) is 10.1. The Balaban J connectivity index is 1.49. The van der Waals surface area contributed by atoms with Crippen molar-refractivity contribution in [2.24, 2.45) is 0 Å². The lowest BCUT2D eigenvalue weighted by Gasteiger charge is -2.35. The number of nitrogens with zero attached hydrogens (tertiary/aromatic N) is 5. The summed E-state index contributed by atoms with van der Waals surface area (Å²) in [5, 5.41) is 4.73. The Bertz CT molecular complexity index is 737. The molecule has 146 valence electrons. The predicted molar refractivity (Wildman–Crippen MR) is 104 cm³/mol. The topological polar surface area (TPSA) is 65.7 Å². The second-order valence-corrected chi connectivity index (χ2v) is 7.07. The average molecular weight is 392 g/mol. The average Bonchev–Trinajstić information content (AvgIpc) is 3.15. The van der Waals surface area contributed by atoms with Crippen molar-refractivity contribution < 1.29 is 9.32 Å². The van der Waals surface area contributed by atoms with E-state index in [9.17, 15) is 4.79 Å². The first-order valence-corrected chi connectivity index (χ1v) is 9.77. The zero-order valence-corrected chi connectivity index (χ0v) is 16.7. The van der Waals surface area contributed by atoms with Gasteiger partial charge in [0, 0.05) is 36.8 Å². The maximum atomic E-state index is 12.4. The van der Waals surface area contributed by atoms with Crippen molar-refractivity contribution >= 4 is 17.5 Å². The highest BCUT2D eigenvalue weighted by atomic mass is 35.5. The van der Waals surface area contributed by atoms with Crippen LogP contribution in [0.1, 0.15) is 19.7 Å². The smallest absolute Gasteiger partial charge is 0.241 e. The second-order valence-electron chi connectivity index (χ2n) is 6.64. The van der Waals surface area contributed by atoms with Crippen molar-refractivity contribution in [2.45, 2.75) is 20.4 Å². The van der Waals surface area contributed by atoms with E-state index < -0.39 is 0 Å². The summed E-state index contributed by atoms with van der Waals surface area (Å²) < 4.78 is 5.39. The molecule has 1 aromatic heterocycles. The number of hydrogen-bond acceptors (Lipinski definition) is 6. The molecule has 0 radical (unpaired) electrons. The van der Waals surface area contributed by atoms with Crippen LogP contribution in [0.25, 0.3) is 11.4 Å². The van der Waals surface area contributed by atoms with Crippen LogP contribution in [0.15, 0.2) is 28.8 Å². The minimum absolute atomic E-state index is 0.209. The van der Waals surface area contributed by atoms with Gasteiger partial charge in [-0.3, -0.25) is 14.6 Å². The predicted octanol–water partition coefficient (Wildman–Crippen LogP) is 2.38. The molecule has 0 unspecified atom stereocenters. The highest BCUT2D eigenvalue weighted by Gasteiger charge is 2.23. The van der Waals surface area contributed by atoms with E-state index in [4.69, 9.17) is 16.1 Å². The molecule has 27 heavy (non-hydrogen) atoms. The van der Waals surface area contributed by atoms with Crippen LogP contribution in [0.4, 0.5) is 0 Å². The second kappa shape index (κ2) is 9.30. The number of hydrogen-bond donors (Lipinski definition) is 0. The molecule has 1 amide bonds. The van der Waals surface area contributed by atoms with E-state index >= 15 is 0 Å². The number of likely N-dealkylation sites (N-methyl/N-ethyl adjacent to an activating group) is 1. The number of halogens is 1. The first-order chi connectivity index (χ1) is 13.1. The van der Waals surface area contributed by atoms with Crippen LogP contribution in [-0.4, -0.2) is 76.6 Å². The van der Waals surface area contributed by atoms with Gasteiger partial charge in [-0.2, -0.15) is 4.98 Å². The third-order valence-corrected chi connectivity index (χ3v) is 5.16. The largest absolute Gasteiger partial charge is 0.339 e. The molecule has 0 saturated carbocycles. The summed E-state index contributed by atoms with van der Waals surface area (Å²) in [6, 6.07) is 7.36. The van der Waals surface area contributed by atoms with E-state index in [0.717, 1.165) is 44.8 Å². The summed E-state index contributed by atoms with van der Waals surface area (Å²) in [5.74, 6) is 1.36. The summed E-state index contributed by atoms with van der Waals surface area (Å²) in [5.41, 5.74) is 0.876. The SMILES string of the molecule is CCN(CC)CC(=O)N1CCN(Cc2nc(-c3ccc(Cl)cc3)no2)CC1. The quantitative estimate of drug-likeness (QED) is 0.722. The van der Waals surface area contributed by atoms with Gasteiger partial charge >= 0.3 is 0 Å². The number of carbonyl (C=O) groups excluding carboxylic acids is 1. The summed E-state index contributed by atoms with van der Waals surface area (Å²) >= 11 is 5.91. The Labute approximate surface area is 164 Å². The molecule has 0 N–H and O–H groups in total. The third kappa shape index (κ3) is 5.28. The van der Waals surface area contributed by atoms with Gasteiger partial charge in [0.2, 0.25) is 17.6 Å². The van der Waals surface area contributed by atoms with Gasteiger partial charge in [-0.05, 0) is 37.4 Å². The molecule has 7 nitrogen and oxygen atoms in total. The number of aromatic nitrogens is 2. The van der Waals surface area contributed by atoms with Gasteiger partial charge in [0.1, 0.15) is 0 Å². The number of piperazine rings is 1. The Hall–Kier alpha value is -1.96. The van der Waals surface area contributed by atoms with Crippen molar-refractivity contribution in [3.05, 3.63) is 35.2 Å². The Kier molecular flexibility index (Phi) is 6.82. The molecular weight excluding hydrogens is 366 g/mol. The van der Waals surface area contributed by atoms with E-state index in [1.807, 2.05) is 17.0 Å². The minimum Gasteiger partial charge on any atom is -0.339 e. The molecule has 1 aliphatic heterocycles. The van der Waals surface area contributed by atoms with E-state index in [1.54, 1.807) is 12.1 Å². The van der Waals surface area contributed by atoms with Gasteiger partial charge < -0.3 is 9.42 Å². The molecule has 2 aromatic rings. The van der Waals surface area contributed by atoms with Crippen LogP contribution in [0.2, 0.25) is 5.02 Å². The minimum atomic E-state index is 0.209. The molecule has 0 bridgehead atoms. The maximum Gasteiger partial charge on any atom is 0.241 e. The van der Waals surface area contributed by atoms with Crippen LogP contribution in [-0.2, 0) is 11.3 Å². The van der Waals surface area contributed by atoms with Crippen LogP contribution in [0.5, 0.6) is 0 Å². The lowest BCUT2D eigenvalue weighted by atomic mass is 10.2. The van der Waals surface area contributed by atoms with Gasteiger partial charge in [-0.1, -0.05) is 30.6 Å². The van der Waals surface area contributed by atoms with Crippen molar-refractivity contribution in [1.82, 2.24) is 24.8 Å². The Morgan fingerprint density at radius 3 is 2.44 bits per heavy atom. The normalized spacial score (nSPS) is 15.5. The molecule has 2 heterocycles.